The molecule has 1 aromatic carbocycles. The molecule has 0 aromatic heterocycles. The molecular weight excluding hydrogens is 218 g/mol. The molecule has 1 nitrogen and oxygen atoms in total. The largest absolute Gasteiger partial charge is 0.307 e. The lowest BCUT2D eigenvalue weighted by Gasteiger charge is -2.31. The van der Waals surface area contributed by atoms with Gasteiger partial charge in [0.2, 0.25) is 0 Å². The Kier molecular flexibility index (Phi) is 4.82. The molecule has 0 heterocycles. The molecule has 0 radical (unpaired) electrons. The lowest BCUT2D eigenvalue weighted by molar-refractivity contribution is 0.268. The lowest BCUT2D eigenvalue weighted by atomic mass is 9.84. The van der Waals surface area contributed by atoms with Gasteiger partial charge in [0.1, 0.15) is 0 Å². The molecule has 100 valence electrons. The summed E-state index contributed by atoms with van der Waals surface area (Å²) in [5, 5.41) is 3.81. The Morgan fingerprint density at radius 2 is 1.72 bits per heavy atom. The van der Waals surface area contributed by atoms with Gasteiger partial charge in [0, 0.05) is 12.1 Å². The third-order valence-electron chi connectivity index (χ3n) is 4.52. The standard InChI is InChI=1S/C17H27N/c1-13-9-7-8-12-17(13)15(3)18-14(2)16-10-5-4-6-11-16/h7-9,12,14-16,18H,4-6,10-11H2,1-3H3/t14-,15?/m1/s1. The average molecular weight is 245 g/mol. The summed E-state index contributed by atoms with van der Waals surface area (Å²) in [6.07, 6.45) is 7.12. The van der Waals surface area contributed by atoms with Gasteiger partial charge >= 0.3 is 0 Å². The average Bonchev–Trinajstić information content (AvgIpc) is 2.40. The Bertz CT molecular complexity index is 366. The van der Waals surface area contributed by atoms with Crippen LogP contribution in [0.4, 0.5) is 0 Å². The van der Waals surface area contributed by atoms with Crippen molar-refractivity contribution in [3.05, 3.63) is 35.4 Å². The van der Waals surface area contributed by atoms with Gasteiger partial charge in [0.15, 0.2) is 0 Å². The molecule has 1 saturated carbocycles. The van der Waals surface area contributed by atoms with Crippen LogP contribution in [0.1, 0.15) is 63.1 Å². The molecule has 1 aliphatic rings. The zero-order valence-electron chi connectivity index (χ0n) is 12.1. The summed E-state index contributed by atoms with van der Waals surface area (Å²) in [7, 11) is 0. The predicted octanol–water partition coefficient (Wildman–Crippen LogP) is 4.61. The van der Waals surface area contributed by atoms with Crippen LogP contribution < -0.4 is 5.32 Å². The van der Waals surface area contributed by atoms with Gasteiger partial charge in [-0.25, -0.2) is 0 Å². The van der Waals surface area contributed by atoms with E-state index in [4.69, 9.17) is 0 Å². The highest BCUT2D eigenvalue weighted by Gasteiger charge is 2.21. The van der Waals surface area contributed by atoms with Crippen LogP contribution in [0.3, 0.4) is 0 Å². The molecule has 2 rings (SSSR count). The summed E-state index contributed by atoms with van der Waals surface area (Å²) >= 11 is 0. The Balaban J connectivity index is 1.94. The molecule has 18 heavy (non-hydrogen) atoms. The summed E-state index contributed by atoms with van der Waals surface area (Å²) in [5.74, 6) is 0.880. The van der Waals surface area contributed by atoms with Gasteiger partial charge in [0.05, 0.1) is 0 Å². The highest BCUT2D eigenvalue weighted by molar-refractivity contribution is 5.28. The minimum Gasteiger partial charge on any atom is -0.307 e. The molecule has 0 aliphatic heterocycles. The molecule has 1 N–H and O–H groups in total. The van der Waals surface area contributed by atoms with Gasteiger partial charge in [-0.05, 0) is 50.7 Å². The lowest BCUT2D eigenvalue weighted by Crippen LogP contribution is -2.36. The van der Waals surface area contributed by atoms with Crippen molar-refractivity contribution in [1.29, 1.82) is 0 Å². The second-order valence-electron chi connectivity index (χ2n) is 5.93. The van der Waals surface area contributed by atoms with Gasteiger partial charge < -0.3 is 5.32 Å². The van der Waals surface area contributed by atoms with Gasteiger partial charge in [-0.1, -0.05) is 43.5 Å². The number of hydrogen-bond donors (Lipinski definition) is 1. The third kappa shape index (κ3) is 3.35. The molecule has 0 spiro atoms. The van der Waals surface area contributed by atoms with Crippen LogP contribution in [0.5, 0.6) is 0 Å². The van der Waals surface area contributed by atoms with Crippen molar-refractivity contribution in [2.45, 2.75) is 65.0 Å². The van der Waals surface area contributed by atoms with E-state index >= 15 is 0 Å². The van der Waals surface area contributed by atoms with Crippen LogP contribution in [0.15, 0.2) is 24.3 Å². The summed E-state index contributed by atoms with van der Waals surface area (Å²) in [5.41, 5.74) is 2.84. The molecule has 1 fully saturated rings. The van der Waals surface area contributed by atoms with E-state index in [0.29, 0.717) is 12.1 Å². The minimum atomic E-state index is 0.461. The molecule has 2 atom stereocenters. The number of hydrogen-bond acceptors (Lipinski definition) is 1. The monoisotopic (exact) mass is 245 g/mol. The Morgan fingerprint density at radius 3 is 2.39 bits per heavy atom. The van der Waals surface area contributed by atoms with E-state index in [2.05, 4.69) is 50.4 Å². The van der Waals surface area contributed by atoms with Crippen LogP contribution in [-0.2, 0) is 0 Å². The summed E-state index contributed by atoms with van der Waals surface area (Å²) in [6, 6.07) is 9.82. The van der Waals surface area contributed by atoms with Gasteiger partial charge in [0.25, 0.3) is 0 Å². The summed E-state index contributed by atoms with van der Waals surface area (Å²) < 4.78 is 0. The van der Waals surface area contributed by atoms with Crippen molar-refractivity contribution < 1.29 is 0 Å². The fourth-order valence-corrected chi connectivity index (χ4v) is 3.33. The molecule has 0 amide bonds. The summed E-state index contributed by atoms with van der Waals surface area (Å²) in [4.78, 5) is 0. The van der Waals surface area contributed by atoms with Crippen molar-refractivity contribution >= 4 is 0 Å². The molecule has 1 aromatic rings. The smallest absolute Gasteiger partial charge is 0.0296 e. The molecule has 1 heteroatoms. The molecule has 1 unspecified atom stereocenters. The quantitative estimate of drug-likeness (QED) is 0.816. The number of benzene rings is 1. The Morgan fingerprint density at radius 1 is 1.06 bits per heavy atom. The first-order chi connectivity index (χ1) is 8.68. The van der Waals surface area contributed by atoms with E-state index in [1.165, 1.54) is 43.2 Å². The normalized spacial score (nSPS) is 20.6. The Hall–Kier alpha value is -0.820. The molecule has 0 bridgehead atoms. The predicted molar refractivity (Wildman–Crippen MR) is 78.8 cm³/mol. The highest BCUT2D eigenvalue weighted by atomic mass is 14.9. The van der Waals surface area contributed by atoms with E-state index in [1.807, 2.05) is 0 Å². The number of rotatable bonds is 4. The maximum atomic E-state index is 3.81. The zero-order chi connectivity index (χ0) is 13.0. The Labute approximate surface area is 112 Å². The second kappa shape index (κ2) is 6.38. The maximum absolute atomic E-state index is 3.81. The topological polar surface area (TPSA) is 12.0 Å². The highest BCUT2D eigenvalue weighted by Crippen LogP contribution is 2.28. The van der Waals surface area contributed by atoms with Gasteiger partial charge in [-0.3, -0.25) is 0 Å². The van der Waals surface area contributed by atoms with Crippen LogP contribution >= 0.6 is 0 Å². The SMILES string of the molecule is Cc1ccccc1C(C)N[C@H](C)C1CCCCC1. The van der Waals surface area contributed by atoms with Crippen LogP contribution in [0, 0.1) is 12.8 Å². The van der Waals surface area contributed by atoms with Gasteiger partial charge in [-0.2, -0.15) is 0 Å². The first-order valence-electron chi connectivity index (χ1n) is 7.50. The number of nitrogens with one attached hydrogen (secondary N) is 1. The van der Waals surface area contributed by atoms with E-state index in [9.17, 15) is 0 Å². The first kappa shape index (κ1) is 13.6. The van der Waals surface area contributed by atoms with Crippen molar-refractivity contribution in [3.8, 4) is 0 Å². The maximum Gasteiger partial charge on any atom is 0.0296 e. The van der Waals surface area contributed by atoms with E-state index in [1.54, 1.807) is 0 Å². The summed E-state index contributed by atoms with van der Waals surface area (Å²) in [6.45, 7) is 6.87. The fourth-order valence-electron chi connectivity index (χ4n) is 3.33. The van der Waals surface area contributed by atoms with E-state index < -0.39 is 0 Å². The van der Waals surface area contributed by atoms with Crippen LogP contribution in [0.2, 0.25) is 0 Å². The van der Waals surface area contributed by atoms with Gasteiger partial charge in [-0.15, -0.1) is 0 Å². The van der Waals surface area contributed by atoms with Crippen molar-refractivity contribution in [2.24, 2.45) is 5.92 Å². The van der Waals surface area contributed by atoms with Crippen LogP contribution in [0.25, 0.3) is 0 Å². The minimum absolute atomic E-state index is 0.461. The van der Waals surface area contributed by atoms with Crippen molar-refractivity contribution in [3.63, 3.8) is 0 Å². The van der Waals surface area contributed by atoms with E-state index in [-0.39, 0.29) is 0 Å². The fraction of sp³-hybridized carbons (Fsp3) is 0.647. The van der Waals surface area contributed by atoms with Crippen LogP contribution in [-0.4, -0.2) is 6.04 Å². The first-order valence-corrected chi connectivity index (χ1v) is 7.50. The third-order valence-corrected chi connectivity index (χ3v) is 4.52. The van der Waals surface area contributed by atoms with Crippen molar-refractivity contribution in [2.75, 3.05) is 0 Å². The van der Waals surface area contributed by atoms with Crippen molar-refractivity contribution in [1.82, 2.24) is 5.32 Å². The molecule has 1 aliphatic carbocycles. The molecular formula is C17H27N. The second-order valence-corrected chi connectivity index (χ2v) is 5.93. The number of aryl methyl sites for hydroxylation is 1. The molecule has 0 saturated heterocycles. The zero-order valence-corrected chi connectivity index (χ0v) is 12.1. The van der Waals surface area contributed by atoms with E-state index in [0.717, 1.165) is 5.92 Å².